The first-order chi connectivity index (χ1) is 6.33. The normalized spacial score (nSPS) is 58.6. The van der Waals surface area contributed by atoms with Gasteiger partial charge in [0.1, 0.15) is 0 Å². The van der Waals surface area contributed by atoms with Crippen LogP contribution in [0.1, 0.15) is 32.6 Å². The van der Waals surface area contributed by atoms with Crippen LogP contribution in [0, 0.1) is 35.5 Å². The lowest BCUT2D eigenvalue weighted by Crippen LogP contribution is -2.44. The van der Waals surface area contributed by atoms with Gasteiger partial charge in [-0.15, -0.1) is 0 Å². The number of rotatable bonds is 1. The van der Waals surface area contributed by atoms with Crippen molar-refractivity contribution in [2.45, 2.75) is 32.6 Å². The molecule has 1 heteroatoms. The first kappa shape index (κ1) is 8.99. The van der Waals surface area contributed by atoms with Gasteiger partial charge in [0.15, 0.2) is 0 Å². The molecule has 0 aliphatic heterocycles. The molecule has 6 unspecified atom stereocenters. The van der Waals surface area contributed by atoms with E-state index in [1.165, 1.54) is 22.2 Å². The van der Waals surface area contributed by atoms with E-state index in [0.717, 1.165) is 17.8 Å². The van der Waals surface area contributed by atoms with Gasteiger partial charge in [0.2, 0.25) is 0 Å². The molecule has 74 valence electrons. The zero-order valence-electron chi connectivity index (χ0n) is 8.38. The van der Waals surface area contributed by atoms with Crippen molar-refractivity contribution >= 4 is 22.6 Å². The van der Waals surface area contributed by atoms with Crippen molar-refractivity contribution in [1.82, 2.24) is 0 Å². The Hall–Kier alpha value is 0.730. The van der Waals surface area contributed by atoms with Crippen LogP contribution < -0.4 is 0 Å². The lowest BCUT2D eigenvalue weighted by molar-refractivity contribution is -0.00845. The van der Waals surface area contributed by atoms with Crippen molar-refractivity contribution in [3.63, 3.8) is 0 Å². The molecule has 0 spiro atoms. The van der Waals surface area contributed by atoms with E-state index in [0.29, 0.717) is 0 Å². The highest BCUT2D eigenvalue weighted by atomic mass is 127. The van der Waals surface area contributed by atoms with Crippen LogP contribution in [0.25, 0.3) is 0 Å². The molecule has 0 heterocycles. The summed E-state index contributed by atoms with van der Waals surface area (Å²) in [6.45, 7) is 2.51. The van der Waals surface area contributed by atoms with Crippen LogP contribution in [0.2, 0.25) is 0 Å². The van der Waals surface area contributed by atoms with Gasteiger partial charge < -0.3 is 0 Å². The zero-order valence-corrected chi connectivity index (χ0v) is 10.5. The fourth-order valence-electron chi connectivity index (χ4n) is 4.82. The van der Waals surface area contributed by atoms with E-state index in [4.69, 9.17) is 0 Å². The summed E-state index contributed by atoms with van der Waals surface area (Å²) in [7, 11) is 0. The van der Waals surface area contributed by atoms with Gasteiger partial charge in [-0.2, -0.15) is 0 Å². The Balaban J connectivity index is 1.82. The first-order valence-corrected chi connectivity index (χ1v) is 7.41. The van der Waals surface area contributed by atoms with Crippen LogP contribution in [-0.2, 0) is 0 Å². The summed E-state index contributed by atoms with van der Waals surface area (Å²) in [4.78, 5) is 0. The molecule has 3 fully saturated rings. The molecule has 0 aromatic carbocycles. The molecule has 0 amide bonds. The molecule has 0 N–H and O–H groups in total. The maximum Gasteiger partial charge on any atom is 0.00266 e. The molecular formula is C12H19I. The van der Waals surface area contributed by atoms with Gasteiger partial charge in [0, 0.05) is 4.43 Å². The van der Waals surface area contributed by atoms with Gasteiger partial charge in [0.25, 0.3) is 0 Å². The molecule has 0 aromatic heterocycles. The van der Waals surface area contributed by atoms with Crippen molar-refractivity contribution in [3.05, 3.63) is 0 Å². The Labute approximate surface area is 95.0 Å². The maximum atomic E-state index is 2.61. The number of alkyl halides is 1. The number of hydrogen-bond donors (Lipinski definition) is 0. The standard InChI is InChI=1S/C12H19I/c1-7-5-8(6-13)12-10-4-2-3-9(10)11(7)12/h7-12H,2-6H2,1H3. The van der Waals surface area contributed by atoms with Gasteiger partial charge in [-0.05, 0) is 54.8 Å². The summed E-state index contributed by atoms with van der Waals surface area (Å²) in [5, 5.41) is 0. The third-order valence-corrected chi connectivity index (χ3v) is 6.26. The van der Waals surface area contributed by atoms with Crippen LogP contribution in [0.4, 0.5) is 0 Å². The van der Waals surface area contributed by atoms with Gasteiger partial charge >= 0.3 is 0 Å². The molecule has 3 rings (SSSR count). The van der Waals surface area contributed by atoms with Crippen molar-refractivity contribution in [2.75, 3.05) is 4.43 Å². The number of halogens is 1. The maximum absolute atomic E-state index is 2.61. The fraction of sp³-hybridized carbons (Fsp3) is 1.00. The van der Waals surface area contributed by atoms with Crippen molar-refractivity contribution in [1.29, 1.82) is 0 Å². The minimum atomic E-state index is 1.06. The molecule has 0 radical (unpaired) electrons. The van der Waals surface area contributed by atoms with Gasteiger partial charge in [0.05, 0.1) is 0 Å². The second-order valence-corrected chi connectivity index (χ2v) is 6.42. The van der Waals surface area contributed by atoms with Crippen LogP contribution in [0.3, 0.4) is 0 Å². The van der Waals surface area contributed by atoms with Crippen LogP contribution in [0.15, 0.2) is 0 Å². The number of fused-ring (bicyclic) bond motifs is 4. The lowest BCUT2D eigenvalue weighted by Gasteiger charge is -2.49. The topological polar surface area (TPSA) is 0 Å². The molecule has 0 aromatic rings. The van der Waals surface area contributed by atoms with Gasteiger partial charge in [-0.3, -0.25) is 0 Å². The molecule has 0 saturated heterocycles. The molecule has 6 atom stereocenters. The third kappa shape index (κ3) is 1.09. The zero-order chi connectivity index (χ0) is 9.00. The van der Waals surface area contributed by atoms with E-state index < -0.39 is 0 Å². The van der Waals surface area contributed by atoms with Crippen molar-refractivity contribution in [3.8, 4) is 0 Å². The smallest absolute Gasteiger partial charge is 0.00266 e. The summed E-state index contributed by atoms with van der Waals surface area (Å²) in [5.74, 6) is 6.83. The van der Waals surface area contributed by atoms with Gasteiger partial charge in [-0.1, -0.05) is 35.9 Å². The van der Waals surface area contributed by atoms with E-state index in [9.17, 15) is 0 Å². The van der Waals surface area contributed by atoms with Crippen molar-refractivity contribution in [2.24, 2.45) is 35.5 Å². The van der Waals surface area contributed by atoms with E-state index in [-0.39, 0.29) is 0 Å². The lowest BCUT2D eigenvalue weighted by atomic mass is 9.56. The van der Waals surface area contributed by atoms with Gasteiger partial charge in [-0.25, -0.2) is 0 Å². The summed E-state index contributed by atoms with van der Waals surface area (Å²) < 4.78 is 1.42. The Morgan fingerprint density at radius 1 is 1.15 bits per heavy atom. The van der Waals surface area contributed by atoms with Crippen LogP contribution in [0.5, 0.6) is 0 Å². The predicted molar refractivity (Wildman–Crippen MR) is 64.0 cm³/mol. The Morgan fingerprint density at radius 2 is 1.85 bits per heavy atom. The molecular weight excluding hydrogens is 271 g/mol. The average molecular weight is 290 g/mol. The van der Waals surface area contributed by atoms with E-state index in [1.54, 1.807) is 25.7 Å². The molecule has 0 bridgehead atoms. The van der Waals surface area contributed by atoms with Crippen LogP contribution >= 0.6 is 22.6 Å². The minimum absolute atomic E-state index is 1.06. The summed E-state index contributed by atoms with van der Waals surface area (Å²) in [5.41, 5.74) is 0. The molecule has 13 heavy (non-hydrogen) atoms. The largest absolute Gasteiger partial charge is 0.0861 e. The summed E-state index contributed by atoms with van der Waals surface area (Å²) >= 11 is 2.61. The second kappa shape index (κ2) is 3.11. The molecule has 3 aliphatic rings. The van der Waals surface area contributed by atoms with E-state index in [2.05, 4.69) is 29.5 Å². The summed E-state index contributed by atoms with van der Waals surface area (Å²) in [6.07, 6.45) is 6.24. The van der Waals surface area contributed by atoms with E-state index in [1.807, 2.05) is 0 Å². The third-order valence-electron chi connectivity index (χ3n) is 5.13. The van der Waals surface area contributed by atoms with E-state index >= 15 is 0 Å². The monoisotopic (exact) mass is 290 g/mol. The number of hydrogen-bond acceptors (Lipinski definition) is 0. The first-order valence-electron chi connectivity index (χ1n) is 5.89. The highest BCUT2D eigenvalue weighted by Crippen LogP contribution is 2.65. The average Bonchev–Trinajstić information content (AvgIpc) is 2.57. The Kier molecular flexibility index (Phi) is 2.15. The highest BCUT2D eigenvalue weighted by molar-refractivity contribution is 14.1. The molecule has 3 saturated carbocycles. The Morgan fingerprint density at radius 3 is 2.54 bits per heavy atom. The van der Waals surface area contributed by atoms with Crippen LogP contribution in [-0.4, -0.2) is 4.43 Å². The quantitative estimate of drug-likeness (QED) is 0.510. The fourth-order valence-corrected chi connectivity index (χ4v) is 5.77. The summed E-state index contributed by atoms with van der Waals surface area (Å²) in [6, 6.07) is 0. The van der Waals surface area contributed by atoms with Crippen molar-refractivity contribution < 1.29 is 0 Å². The Bertz CT molecular complexity index is 211. The minimum Gasteiger partial charge on any atom is -0.0861 e. The predicted octanol–water partition coefficient (Wildman–Crippen LogP) is 3.74. The molecule has 0 nitrogen and oxygen atoms in total. The SMILES string of the molecule is CC1CC(CI)C2C3CCCC3C12. The highest BCUT2D eigenvalue weighted by Gasteiger charge is 2.59. The second-order valence-electron chi connectivity index (χ2n) is 5.54. The molecule has 3 aliphatic carbocycles.